The second-order valence-corrected chi connectivity index (χ2v) is 4.88. The molecule has 0 amide bonds. The van der Waals surface area contributed by atoms with E-state index in [2.05, 4.69) is 30.4 Å². The van der Waals surface area contributed by atoms with Gasteiger partial charge in [-0.2, -0.15) is 0 Å². The highest BCUT2D eigenvalue weighted by molar-refractivity contribution is 5.28. The number of hydrogen-bond donors (Lipinski definition) is 1. The number of nitrogens with one attached hydrogen (secondary N) is 1. The highest BCUT2D eigenvalue weighted by atomic mass is 16.5. The largest absolute Gasteiger partial charge is 0.497 e. The maximum absolute atomic E-state index is 5.59. The maximum Gasteiger partial charge on any atom is 0.119 e. The van der Waals surface area contributed by atoms with Gasteiger partial charge in [-0.1, -0.05) is 19.1 Å². The van der Waals surface area contributed by atoms with Crippen LogP contribution in [0.25, 0.3) is 0 Å². The van der Waals surface area contributed by atoms with Gasteiger partial charge in [-0.05, 0) is 56.5 Å². The summed E-state index contributed by atoms with van der Waals surface area (Å²) in [6.45, 7) is 4.88. The molecule has 3 heteroatoms. The minimum atomic E-state index is 0.606. The molecule has 19 heavy (non-hydrogen) atoms. The summed E-state index contributed by atoms with van der Waals surface area (Å²) in [6.07, 6.45) is 3.25. The minimum absolute atomic E-state index is 0.606. The van der Waals surface area contributed by atoms with Crippen LogP contribution in [0.1, 0.15) is 25.3 Å². The topological polar surface area (TPSA) is 30.5 Å². The van der Waals surface area contributed by atoms with E-state index in [1.165, 1.54) is 5.56 Å². The average Bonchev–Trinajstić information content (AvgIpc) is 2.44. The Kier molecular flexibility index (Phi) is 8.26. The summed E-state index contributed by atoms with van der Waals surface area (Å²) in [7, 11) is 3.72. The Morgan fingerprint density at radius 3 is 2.79 bits per heavy atom. The van der Waals surface area contributed by atoms with Gasteiger partial charge in [0.25, 0.3) is 0 Å². The summed E-state index contributed by atoms with van der Waals surface area (Å²) >= 11 is 0. The van der Waals surface area contributed by atoms with Gasteiger partial charge >= 0.3 is 0 Å². The van der Waals surface area contributed by atoms with Crippen LogP contribution in [-0.4, -0.2) is 33.9 Å². The fourth-order valence-electron chi connectivity index (χ4n) is 2.19. The van der Waals surface area contributed by atoms with E-state index in [0.717, 1.165) is 44.8 Å². The Morgan fingerprint density at radius 1 is 1.26 bits per heavy atom. The number of benzene rings is 1. The van der Waals surface area contributed by atoms with Crippen molar-refractivity contribution in [1.29, 1.82) is 0 Å². The number of ether oxygens (including phenoxy) is 2. The molecule has 0 aliphatic carbocycles. The van der Waals surface area contributed by atoms with Crippen LogP contribution in [0, 0.1) is 5.92 Å². The second kappa shape index (κ2) is 9.82. The summed E-state index contributed by atoms with van der Waals surface area (Å²) in [5, 5.41) is 3.27. The SMILES string of the molecule is CCCOCCC(CNC)Cc1cccc(OC)c1. The summed E-state index contributed by atoms with van der Waals surface area (Å²) in [6, 6.07) is 8.33. The predicted octanol–water partition coefficient (Wildman–Crippen LogP) is 2.89. The van der Waals surface area contributed by atoms with Gasteiger partial charge in [0.15, 0.2) is 0 Å². The van der Waals surface area contributed by atoms with Gasteiger partial charge in [-0.3, -0.25) is 0 Å². The van der Waals surface area contributed by atoms with Gasteiger partial charge < -0.3 is 14.8 Å². The molecule has 0 aliphatic heterocycles. The second-order valence-electron chi connectivity index (χ2n) is 4.88. The third-order valence-corrected chi connectivity index (χ3v) is 3.17. The van der Waals surface area contributed by atoms with Crippen LogP contribution in [0.3, 0.4) is 0 Å². The van der Waals surface area contributed by atoms with Gasteiger partial charge in [-0.25, -0.2) is 0 Å². The average molecular weight is 265 g/mol. The molecule has 1 aromatic carbocycles. The van der Waals surface area contributed by atoms with Crippen molar-refractivity contribution in [3.63, 3.8) is 0 Å². The van der Waals surface area contributed by atoms with Gasteiger partial charge in [0.1, 0.15) is 5.75 Å². The van der Waals surface area contributed by atoms with Crippen molar-refractivity contribution in [3.8, 4) is 5.75 Å². The van der Waals surface area contributed by atoms with Crippen LogP contribution in [0.5, 0.6) is 5.75 Å². The molecule has 1 aromatic rings. The first kappa shape index (κ1) is 16.0. The first-order valence-corrected chi connectivity index (χ1v) is 7.15. The van der Waals surface area contributed by atoms with Crippen molar-refractivity contribution >= 4 is 0 Å². The lowest BCUT2D eigenvalue weighted by Gasteiger charge is -2.17. The van der Waals surface area contributed by atoms with Crippen LogP contribution < -0.4 is 10.1 Å². The van der Waals surface area contributed by atoms with E-state index in [1.54, 1.807) is 7.11 Å². The van der Waals surface area contributed by atoms with Gasteiger partial charge in [0.05, 0.1) is 7.11 Å². The van der Waals surface area contributed by atoms with E-state index in [-0.39, 0.29) is 0 Å². The molecular weight excluding hydrogens is 238 g/mol. The van der Waals surface area contributed by atoms with Crippen molar-refractivity contribution in [1.82, 2.24) is 5.32 Å². The zero-order valence-corrected chi connectivity index (χ0v) is 12.4. The molecule has 1 unspecified atom stereocenters. The van der Waals surface area contributed by atoms with Crippen LogP contribution in [0.2, 0.25) is 0 Å². The van der Waals surface area contributed by atoms with Crippen molar-refractivity contribution in [2.45, 2.75) is 26.2 Å². The summed E-state index contributed by atoms with van der Waals surface area (Å²) in [4.78, 5) is 0. The molecule has 1 rings (SSSR count). The fraction of sp³-hybridized carbons (Fsp3) is 0.625. The first-order valence-electron chi connectivity index (χ1n) is 7.15. The van der Waals surface area contributed by atoms with Crippen LogP contribution >= 0.6 is 0 Å². The molecule has 0 heterocycles. The quantitative estimate of drug-likeness (QED) is 0.660. The molecule has 0 aromatic heterocycles. The Labute approximate surface area is 117 Å². The minimum Gasteiger partial charge on any atom is -0.497 e. The highest BCUT2D eigenvalue weighted by Crippen LogP contribution is 2.17. The van der Waals surface area contributed by atoms with Crippen molar-refractivity contribution in [2.75, 3.05) is 33.9 Å². The monoisotopic (exact) mass is 265 g/mol. The zero-order chi connectivity index (χ0) is 13.9. The van der Waals surface area contributed by atoms with Crippen LogP contribution in [0.4, 0.5) is 0 Å². The molecule has 0 spiro atoms. The first-order chi connectivity index (χ1) is 9.30. The number of methoxy groups -OCH3 is 1. The Balaban J connectivity index is 2.46. The molecule has 1 atom stereocenters. The Morgan fingerprint density at radius 2 is 2.11 bits per heavy atom. The fourth-order valence-corrected chi connectivity index (χ4v) is 2.19. The van der Waals surface area contributed by atoms with E-state index in [1.807, 2.05) is 13.1 Å². The Bertz CT molecular complexity index is 341. The van der Waals surface area contributed by atoms with E-state index in [4.69, 9.17) is 9.47 Å². The third kappa shape index (κ3) is 6.60. The summed E-state index contributed by atoms with van der Waals surface area (Å²) in [5.74, 6) is 1.54. The lowest BCUT2D eigenvalue weighted by molar-refractivity contribution is 0.120. The molecule has 0 bridgehead atoms. The molecule has 0 saturated carbocycles. The van der Waals surface area contributed by atoms with Gasteiger partial charge in [0, 0.05) is 13.2 Å². The molecule has 0 radical (unpaired) electrons. The van der Waals surface area contributed by atoms with Gasteiger partial charge in [0.2, 0.25) is 0 Å². The van der Waals surface area contributed by atoms with E-state index in [9.17, 15) is 0 Å². The van der Waals surface area contributed by atoms with E-state index < -0.39 is 0 Å². The summed E-state index contributed by atoms with van der Waals surface area (Å²) in [5.41, 5.74) is 1.33. The normalized spacial score (nSPS) is 12.4. The zero-order valence-electron chi connectivity index (χ0n) is 12.4. The third-order valence-electron chi connectivity index (χ3n) is 3.17. The maximum atomic E-state index is 5.59. The van der Waals surface area contributed by atoms with E-state index in [0.29, 0.717) is 5.92 Å². The molecule has 108 valence electrons. The molecule has 1 N–H and O–H groups in total. The van der Waals surface area contributed by atoms with Crippen molar-refractivity contribution < 1.29 is 9.47 Å². The smallest absolute Gasteiger partial charge is 0.119 e. The lowest BCUT2D eigenvalue weighted by Crippen LogP contribution is -2.22. The molecule has 0 fully saturated rings. The lowest BCUT2D eigenvalue weighted by atomic mass is 9.96. The van der Waals surface area contributed by atoms with Crippen LogP contribution in [-0.2, 0) is 11.2 Å². The van der Waals surface area contributed by atoms with Crippen LogP contribution in [0.15, 0.2) is 24.3 Å². The molecule has 3 nitrogen and oxygen atoms in total. The number of hydrogen-bond acceptors (Lipinski definition) is 3. The van der Waals surface area contributed by atoms with Crippen molar-refractivity contribution in [3.05, 3.63) is 29.8 Å². The van der Waals surface area contributed by atoms with E-state index >= 15 is 0 Å². The van der Waals surface area contributed by atoms with Crippen molar-refractivity contribution in [2.24, 2.45) is 5.92 Å². The van der Waals surface area contributed by atoms with Gasteiger partial charge in [-0.15, -0.1) is 0 Å². The summed E-state index contributed by atoms with van der Waals surface area (Å²) < 4.78 is 10.9. The molecule has 0 saturated heterocycles. The molecule has 0 aliphatic rings. The molecular formula is C16H27NO2. The standard InChI is InChI=1S/C16H27NO2/c1-4-9-19-10-8-15(13-17-2)11-14-6-5-7-16(12-14)18-3/h5-7,12,15,17H,4,8-11,13H2,1-3H3. The predicted molar refractivity (Wildman–Crippen MR) is 79.8 cm³/mol. The Hall–Kier alpha value is -1.06. The number of rotatable bonds is 10. The highest BCUT2D eigenvalue weighted by Gasteiger charge is 2.09.